The summed E-state index contributed by atoms with van der Waals surface area (Å²) in [5.74, 6) is 0.617. The molecule has 0 fully saturated rings. The van der Waals surface area contributed by atoms with Crippen LogP contribution in [0.2, 0.25) is 0 Å². The number of phenols is 1. The minimum absolute atomic E-state index is 0.00203. The maximum atomic E-state index is 10.3. The van der Waals surface area contributed by atoms with Gasteiger partial charge in [-0.05, 0) is 50.3 Å². The molecular formula is C20H35NO4. The van der Waals surface area contributed by atoms with Gasteiger partial charge in [-0.25, -0.2) is 0 Å². The normalized spacial score (nSPS) is 14.9. The van der Waals surface area contributed by atoms with Crippen molar-refractivity contribution in [3.63, 3.8) is 0 Å². The number of hydrogen-bond donors (Lipinski definition) is 4. The van der Waals surface area contributed by atoms with Gasteiger partial charge in [0.2, 0.25) is 0 Å². The minimum atomic E-state index is -0.315. The van der Waals surface area contributed by atoms with Crippen molar-refractivity contribution in [3.05, 3.63) is 23.8 Å². The summed E-state index contributed by atoms with van der Waals surface area (Å²) in [7, 11) is 1.54. The standard InChI is InChI=1S/C20H35NO4/c1-4-5-6-7-18(23)13-17(21-15(2)14-22)10-8-16-9-11-19(24)20(12-16)25-3/h9,11-12,15,17-18,21-24H,4-8,10,13-14H2,1-3H3. The first-order valence-electron chi connectivity index (χ1n) is 9.41. The van der Waals surface area contributed by atoms with Crippen LogP contribution in [0.25, 0.3) is 0 Å². The van der Waals surface area contributed by atoms with E-state index in [0.717, 1.165) is 44.1 Å². The lowest BCUT2D eigenvalue weighted by Gasteiger charge is -2.25. The van der Waals surface area contributed by atoms with Gasteiger partial charge in [0.05, 0.1) is 19.8 Å². The zero-order chi connectivity index (χ0) is 18.7. The van der Waals surface area contributed by atoms with Crippen molar-refractivity contribution >= 4 is 0 Å². The lowest BCUT2D eigenvalue weighted by Crippen LogP contribution is -2.41. The highest BCUT2D eigenvalue weighted by molar-refractivity contribution is 5.41. The molecule has 0 saturated carbocycles. The van der Waals surface area contributed by atoms with E-state index < -0.39 is 0 Å². The topological polar surface area (TPSA) is 82.0 Å². The summed E-state index contributed by atoms with van der Waals surface area (Å²) in [4.78, 5) is 0. The average Bonchev–Trinajstić information content (AvgIpc) is 2.60. The molecule has 1 aromatic rings. The lowest BCUT2D eigenvalue weighted by atomic mass is 9.97. The molecule has 144 valence electrons. The molecule has 1 aromatic carbocycles. The van der Waals surface area contributed by atoms with Crippen LogP contribution in [0, 0.1) is 0 Å². The molecule has 0 aliphatic heterocycles. The Morgan fingerprint density at radius 2 is 1.96 bits per heavy atom. The van der Waals surface area contributed by atoms with Crippen LogP contribution in [0.1, 0.15) is 57.9 Å². The zero-order valence-corrected chi connectivity index (χ0v) is 15.9. The van der Waals surface area contributed by atoms with Gasteiger partial charge in [0.15, 0.2) is 11.5 Å². The maximum Gasteiger partial charge on any atom is 0.160 e. The molecule has 0 aromatic heterocycles. The number of aliphatic hydroxyl groups is 2. The van der Waals surface area contributed by atoms with E-state index in [1.165, 1.54) is 0 Å². The third-order valence-corrected chi connectivity index (χ3v) is 4.52. The third kappa shape index (κ3) is 8.56. The largest absolute Gasteiger partial charge is 0.504 e. The van der Waals surface area contributed by atoms with Gasteiger partial charge in [0, 0.05) is 12.1 Å². The number of unbranched alkanes of at least 4 members (excludes halogenated alkanes) is 2. The summed E-state index contributed by atoms with van der Waals surface area (Å²) in [5.41, 5.74) is 1.08. The van der Waals surface area contributed by atoms with E-state index in [4.69, 9.17) is 4.74 Å². The number of aryl methyl sites for hydroxylation is 1. The number of ether oxygens (including phenoxy) is 1. The van der Waals surface area contributed by atoms with Crippen molar-refractivity contribution in [3.8, 4) is 11.5 Å². The SMILES string of the molecule is CCCCCC(O)CC(CCc1ccc(O)c(OC)c1)NC(C)CO. The first-order valence-corrected chi connectivity index (χ1v) is 9.41. The Balaban J connectivity index is 2.60. The third-order valence-electron chi connectivity index (χ3n) is 4.52. The summed E-state index contributed by atoms with van der Waals surface area (Å²) >= 11 is 0. The van der Waals surface area contributed by atoms with Gasteiger partial charge in [-0.3, -0.25) is 0 Å². The summed E-state index contributed by atoms with van der Waals surface area (Å²) < 4.78 is 5.16. The van der Waals surface area contributed by atoms with Gasteiger partial charge in [-0.2, -0.15) is 0 Å². The van der Waals surface area contributed by atoms with Crippen LogP contribution in [-0.2, 0) is 6.42 Å². The Bertz CT molecular complexity index is 481. The van der Waals surface area contributed by atoms with Crippen molar-refractivity contribution in [1.82, 2.24) is 5.32 Å². The van der Waals surface area contributed by atoms with Crippen molar-refractivity contribution in [2.75, 3.05) is 13.7 Å². The number of phenolic OH excluding ortho intramolecular Hbond substituents is 1. The molecule has 0 heterocycles. The van der Waals surface area contributed by atoms with Crippen molar-refractivity contribution in [2.45, 2.75) is 77.0 Å². The summed E-state index contributed by atoms with van der Waals surface area (Å²) in [6, 6.07) is 5.52. The summed E-state index contributed by atoms with van der Waals surface area (Å²) in [5, 5.41) is 32.7. The Morgan fingerprint density at radius 3 is 2.60 bits per heavy atom. The first kappa shape index (κ1) is 21.7. The molecule has 0 radical (unpaired) electrons. The van der Waals surface area contributed by atoms with Gasteiger partial charge in [0.1, 0.15) is 0 Å². The number of hydrogen-bond acceptors (Lipinski definition) is 5. The van der Waals surface area contributed by atoms with Crippen molar-refractivity contribution in [1.29, 1.82) is 0 Å². The highest BCUT2D eigenvalue weighted by atomic mass is 16.5. The molecular weight excluding hydrogens is 318 g/mol. The van der Waals surface area contributed by atoms with E-state index in [0.29, 0.717) is 12.2 Å². The van der Waals surface area contributed by atoms with Crippen LogP contribution in [0.4, 0.5) is 0 Å². The number of methoxy groups -OCH3 is 1. The second-order valence-electron chi connectivity index (χ2n) is 6.88. The Labute approximate surface area is 152 Å². The molecule has 3 unspecified atom stereocenters. The van der Waals surface area contributed by atoms with Gasteiger partial charge in [-0.15, -0.1) is 0 Å². The number of aliphatic hydroxyl groups excluding tert-OH is 2. The minimum Gasteiger partial charge on any atom is -0.504 e. The van der Waals surface area contributed by atoms with Crippen LogP contribution in [0.5, 0.6) is 11.5 Å². The molecule has 5 nitrogen and oxygen atoms in total. The van der Waals surface area contributed by atoms with Crippen LogP contribution in [-0.4, -0.2) is 47.2 Å². The summed E-state index contributed by atoms with van der Waals surface area (Å²) in [6.07, 6.45) is 6.21. The molecule has 0 aliphatic carbocycles. The average molecular weight is 354 g/mol. The number of benzene rings is 1. The molecule has 25 heavy (non-hydrogen) atoms. The zero-order valence-electron chi connectivity index (χ0n) is 15.9. The molecule has 4 N–H and O–H groups in total. The second kappa shape index (κ2) is 12.1. The van der Waals surface area contributed by atoms with Crippen LogP contribution in [0.3, 0.4) is 0 Å². The van der Waals surface area contributed by atoms with E-state index in [2.05, 4.69) is 12.2 Å². The molecule has 0 amide bonds. The molecule has 0 aliphatic rings. The molecule has 5 heteroatoms. The molecule has 3 atom stereocenters. The van der Waals surface area contributed by atoms with E-state index in [1.54, 1.807) is 13.2 Å². The maximum absolute atomic E-state index is 10.3. The Kier molecular flexibility index (Phi) is 10.5. The fraction of sp³-hybridized carbons (Fsp3) is 0.700. The number of aromatic hydroxyl groups is 1. The monoisotopic (exact) mass is 353 g/mol. The fourth-order valence-corrected chi connectivity index (χ4v) is 3.02. The van der Waals surface area contributed by atoms with Gasteiger partial charge in [-0.1, -0.05) is 32.3 Å². The number of nitrogens with one attached hydrogen (secondary N) is 1. The molecule has 1 rings (SSSR count). The molecule has 0 bridgehead atoms. The van der Waals surface area contributed by atoms with E-state index >= 15 is 0 Å². The predicted octanol–water partition coefficient (Wildman–Crippen LogP) is 3.00. The van der Waals surface area contributed by atoms with Crippen molar-refractivity contribution in [2.24, 2.45) is 0 Å². The van der Waals surface area contributed by atoms with Crippen LogP contribution < -0.4 is 10.1 Å². The Morgan fingerprint density at radius 1 is 1.20 bits per heavy atom. The highest BCUT2D eigenvalue weighted by Crippen LogP contribution is 2.27. The van der Waals surface area contributed by atoms with Crippen molar-refractivity contribution < 1.29 is 20.1 Å². The number of rotatable bonds is 13. The highest BCUT2D eigenvalue weighted by Gasteiger charge is 2.17. The van der Waals surface area contributed by atoms with E-state index in [9.17, 15) is 15.3 Å². The van der Waals surface area contributed by atoms with E-state index in [1.807, 2.05) is 19.1 Å². The van der Waals surface area contributed by atoms with Gasteiger partial charge >= 0.3 is 0 Å². The predicted molar refractivity (Wildman–Crippen MR) is 101 cm³/mol. The molecule has 0 spiro atoms. The van der Waals surface area contributed by atoms with Gasteiger partial charge in [0.25, 0.3) is 0 Å². The first-order chi connectivity index (χ1) is 12.0. The Hall–Kier alpha value is -1.30. The van der Waals surface area contributed by atoms with E-state index in [-0.39, 0.29) is 30.5 Å². The lowest BCUT2D eigenvalue weighted by molar-refractivity contribution is 0.128. The van der Waals surface area contributed by atoms with Crippen LogP contribution >= 0.6 is 0 Å². The smallest absolute Gasteiger partial charge is 0.160 e. The quantitative estimate of drug-likeness (QED) is 0.410. The van der Waals surface area contributed by atoms with Gasteiger partial charge < -0.3 is 25.4 Å². The summed E-state index contributed by atoms with van der Waals surface area (Å²) in [6.45, 7) is 4.18. The van der Waals surface area contributed by atoms with Crippen LogP contribution in [0.15, 0.2) is 18.2 Å². The second-order valence-corrected chi connectivity index (χ2v) is 6.88. The molecule has 0 saturated heterocycles. The fourth-order valence-electron chi connectivity index (χ4n) is 3.02.